The molecule has 0 fully saturated rings. The van der Waals surface area contributed by atoms with E-state index in [1.54, 1.807) is 27.8 Å². The van der Waals surface area contributed by atoms with E-state index in [9.17, 15) is 18.4 Å². The Hall–Kier alpha value is -5.76. The standard InChI is InChI=1S/C45H48F2N6O5S/c1-44(2,3)58-43(55)52(4)34-27-53-41(57-28-34)37(26-48-53)59(56,50-42(54)49-39-35-22-14-15-29(35)25-30-23-24-36(38(30)39)40(46)47)51-45(31-16-8-5-9-17-31,32-18-10-6-11-19-32)33-20-12-7-13-21-33/h5-13,16-21,25-26,34,36,40H,14-15,22-24,27-28H2,1-4H3,(H2,49,50,51,54,56)/t34-,36+,59?/m0/s1. The summed E-state index contributed by atoms with van der Waals surface area (Å²) in [5.41, 5.74) is 3.30. The summed E-state index contributed by atoms with van der Waals surface area (Å²) in [4.78, 5) is 29.1. The molecule has 0 saturated heterocycles. The van der Waals surface area contributed by atoms with Gasteiger partial charge in [0.1, 0.15) is 22.6 Å². The Kier molecular flexibility index (Phi) is 10.7. The highest BCUT2D eigenvalue weighted by Gasteiger charge is 2.42. The van der Waals surface area contributed by atoms with Crippen molar-refractivity contribution < 1.29 is 32.1 Å². The molecule has 3 aliphatic rings. The summed E-state index contributed by atoms with van der Waals surface area (Å²) in [6.07, 6.45) is 1.21. The van der Waals surface area contributed by atoms with Gasteiger partial charge >= 0.3 is 12.1 Å². The molecule has 1 aromatic heterocycles. The van der Waals surface area contributed by atoms with Crippen molar-refractivity contribution in [1.29, 1.82) is 0 Å². The van der Waals surface area contributed by atoms with Gasteiger partial charge in [0.05, 0.1) is 18.8 Å². The monoisotopic (exact) mass is 822 g/mol. The summed E-state index contributed by atoms with van der Waals surface area (Å²) in [7, 11) is -2.51. The third kappa shape index (κ3) is 7.66. The number of amides is 3. The summed E-state index contributed by atoms with van der Waals surface area (Å²) in [6, 6.07) is 28.9. The van der Waals surface area contributed by atoms with Crippen LogP contribution in [0.2, 0.25) is 0 Å². The molecule has 2 aliphatic carbocycles. The first-order valence-electron chi connectivity index (χ1n) is 19.9. The van der Waals surface area contributed by atoms with E-state index in [4.69, 9.17) is 13.8 Å². The minimum atomic E-state index is -4.12. The number of anilines is 1. The fourth-order valence-electron chi connectivity index (χ4n) is 8.55. The van der Waals surface area contributed by atoms with Gasteiger partial charge in [-0.05, 0) is 91.8 Å². The van der Waals surface area contributed by atoms with Crippen molar-refractivity contribution in [1.82, 2.24) is 19.4 Å². The lowest BCUT2D eigenvalue weighted by Gasteiger charge is -2.34. The lowest BCUT2D eigenvalue weighted by molar-refractivity contribution is 0.0101. The molecule has 2 heterocycles. The fourth-order valence-corrected chi connectivity index (χ4v) is 10.4. The number of halogens is 2. The van der Waals surface area contributed by atoms with Crippen molar-refractivity contribution in [3.8, 4) is 5.88 Å². The van der Waals surface area contributed by atoms with Gasteiger partial charge in [-0.25, -0.2) is 32.0 Å². The van der Waals surface area contributed by atoms with E-state index in [0.717, 1.165) is 29.5 Å². The van der Waals surface area contributed by atoms with Crippen molar-refractivity contribution in [3.05, 3.63) is 142 Å². The van der Waals surface area contributed by atoms with Crippen molar-refractivity contribution in [2.45, 2.75) is 93.8 Å². The molecule has 5 aromatic rings. The first-order valence-corrected chi connectivity index (χ1v) is 21.4. The van der Waals surface area contributed by atoms with E-state index in [-0.39, 0.29) is 30.3 Å². The Morgan fingerprint density at radius 3 is 2.12 bits per heavy atom. The quantitative estimate of drug-likeness (QED) is 0.143. The molecular formula is C45H48F2N6O5S. The molecule has 308 valence electrons. The number of fused-ring (bicyclic) bond motifs is 3. The van der Waals surface area contributed by atoms with E-state index in [2.05, 4.69) is 15.1 Å². The van der Waals surface area contributed by atoms with Crippen molar-refractivity contribution >= 4 is 27.7 Å². The van der Waals surface area contributed by atoms with E-state index in [1.165, 1.54) is 15.8 Å². The maximum absolute atomic E-state index is 16.3. The van der Waals surface area contributed by atoms with Crippen LogP contribution in [-0.2, 0) is 46.0 Å². The number of alkyl halides is 2. The number of ether oxygens (including phenoxy) is 2. The van der Waals surface area contributed by atoms with E-state index in [1.807, 2.05) is 97.1 Å². The van der Waals surface area contributed by atoms with E-state index < -0.39 is 51.6 Å². The average Bonchev–Trinajstić information content (AvgIpc) is 3.99. The molecule has 1 aliphatic heterocycles. The highest BCUT2D eigenvalue weighted by molar-refractivity contribution is 7.92. The van der Waals surface area contributed by atoms with Crippen LogP contribution >= 0.6 is 0 Å². The number of nitrogens with one attached hydrogen (secondary N) is 2. The van der Waals surface area contributed by atoms with Crippen LogP contribution in [-0.4, -0.2) is 62.7 Å². The number of likely N-dealkylation sites (N-methyl/N-ethyl adjacent to an activating group) is 1. The first kappa shape index (κ1) is 40.0. The van der Waals surface area contributed by atoms with Crippen LogP contribution < -0.4 is 14.8 Å². The van der Waals surface area contributed by atoms with Gasteiger partial charge in [-0.15, -0.1) is 0 Å². The molecule has 2 N–H and O–H groups in total. The van der Waals surface area contributed by atoms with E-state index in [0.29, 0.717) is 40.8 Å². The zero-order chi connectivity index (χ0) is 41.5. The number of hydrogen-bond acceptors (Lipinski definition) is 7. The maximum atomic E-state index is 16.3. The molecular weight excluding hydrogens is 775 g/mol. The second kappa shape index (κ2) is 15.8. The molecule has 0 radical (unpaired) electrons. The van der Waals surface area contributed by atoms with Crippen LogP contribution in [0.5, 0.6) is 5.88 Å². The topological polar surface area (TPSA) is 127 Å². The van der Waals surface area contributed by atoms with Crippen LogP contribution in [0, 0.1) is 0 Å². The van der Waals surface area contributed by atoms with E-state index >= 15 is 4.21 Å². The Balaban J connectivity index is 1.29. The van der Waals surface area contributed by atoms with Gasteiger partial charge in [0.25, 0.3) is 0 Å². The lowest BCUT2D eigenvalue weighted by atomic mass is 9.78. The minimum absolute atomic E-state index is 0.00664. The number of hydrogen-bond donors (Lipinski definition) is 2. The van der Waals surface area contributed by atoms with Crippen molar-refractivity contribution in [2.75, 3.05) is 19.0 Å². The van der Waals surface area contributed by atoms with Gasteiger partial charge < -0.3 is 19.7 Å². The van der Waals surface area contributed by atoms with Gasteiger partial charge in [0.15, 0.2) is 9.92 Å². The van der Waals surface area contributed by atoms with Gasteiger partial charge in [0.2, 0.25) is 12.3 Å². The molecule has 8 rings (SSSR count). The summed E-state index contributed by atoms with van der Waals surface area (Å²) < 4.78 is 66.8. The third-order valence-corrected chi connectivity index (χ3v) is 13.2. The Morgan fingerprint density at radius 1 is 0.932 bits per heavy atom. The summed E-state index contributed by atoms with van der Waals surface area (Å²) in [5, 5.41) is 7.51. The Bertz CT molecular complexity index is 2390. The Morgan fingerprint density at radius 2 is 1.54 bits per heavy atom. The zero-order valence-corrected chi connectivity index (χ0v) is 34.3. The molecule has 0 bridgehead atoms. The number of carbonyl (C=O) groups excluding carboxylic acids is 2. The number of urea groups is 1. The van der Waals surface area contributed by atoms with Crippen LogP contribution in [0.15, 0.2) is 113 Å². The second-order valence-electron chi connectivity index (χ2n) is 16.3. The molecule has 0 spiro atoms. The zero-order valence-electron chi connectivity index (χ0n) is 33.5. The highest BCUT2D eigenvalue weighted by Crippen LogP contribution is 2.47. The van der Waals surface area contributed by atoms with Gasteiger partial charge in [-0.2, -0.15) is 9.46 Å². The number of aryl methyl sites for hydroxylation is 2. The normalized spacial score (nSPS) is 18.2. The van der Waals surface area contributed by atoms with Crippen molar-refractivity contribution in [3.63, 3.8) is 0 Å². The number of rotatable bonds is 9. The SMILES string of the molecule is CN(C(=O)OC(C)(C)C)[C@@H]1COc2c(S(=O)(=NC(c3ccccc3)(c3ccccc3)c3ccccc3)NC(=O)Nc3c4c(cc5c3[C@H](C(F)F)CC5)CCC4)cnn2C1. The van der Waals surface area contributed by atoms with Crippen LogP contribution in [0.4, 0.5) is 24.1 Å². The summed E-state index contributed by atoms with van der Waals surface area (Å²) in [6.45, 7) is 5.54. The van der Waals surface area contributed by atoms with Crippen molar-refractivity contribution in [2.24, 2.45) is 4.36 Å². The second-order valence-corrected chi connectivity index (χ2v) is 18.2. The number of aromatic nitrogens is 2. The molecule has 4 aromatic carbocycles. The van der Waals surface area contributed by atoms with Crippen LogP contribution in [0.25, 0.3) is 0 Å². The summed E-state index contributed by atoms with van der Waals surface area (Å²) in [5.74, 6) is -0.930. The lowest BCUT2D eigenvalue weighted by Crippen LogP contribution is -2.48. The van der Waals surface area contributed by atoms with Gasteiger partial charge in [0, 0.05) is 18.7 Å². The number of benzene rings is 4. The fraction of sp³-hybridized carbons (Fsp3) is 0.356. The molecule has 1 unspecified atom stereocenters. The highest BCUT2D eigenvalue weighted by atomic mass is 32.2. The van der Waals surface area contributed by atoms with Gasteiger partial charge in [-0.1, -0.05) is 97.1 Å². The van der Waals surface area contributed by atoms with Gasteiger partial charge in [-0.3, -0.25) is 0 Å². The molecule has 0 saturated carbocycles. The molecule has 11 nitrogen and oxygen atoms in total. The van der Waals surface area contributed by atoms with Crippen LogP contribution in [0.3, 0.4) is 0 Å². The third-order valence-electron chi connectivity index (χ3n) is 11.3. The smallest absolute Gasteiger partial charge is 0.410 e. The number of carbonyl (C=O) groups is 2. The minimum Gasteiger partial charge on any atom is -0.475 e. The largest absolute Gasteiger partial charge is 0.475 e. The molecule has 14 heteroatoms. The molecule has 59 heavy (non-hydrogen) atoms. The predicted octanol–water partition coefficient (Wildman–Crippen LogP) is 8.85. The maximum Gasteiger partial charge on any atom is 0.410 e. The first-order chi connectivity index (χ1) is 28.3. The molecule has 3 atom stereocenters. The predicted molar refractivity (Wildman–Crippen MR) is 221 cm³/mol. The number of nitrogens with zero attached hydrogens (tertiary/aromatic N) is 4. The van der Waals surface area contributed by atoms with Crippen LogP contribution in [0.1, 0.15) is 78.5 Å². The average molecular weight is 823 g/mol. The summed E-state index contributed by atoms with van der Waals surface area (Å²) >= 11 is 0. The molecule has 3 amide bonds. The Labute approximate surface area is 343 Å².